The molecule has 4 rings (SSSR count). The molecule has 0 atom stereocenters. The van der Waals surface area contributed by atoms with Gasteiger partial charge < -0.3 is 15.1 Å². The minimum absolute atomic E-state index is 0.0487. The number of likely N-dealkylation sites (N-methyl/N-ethyl adjacent to an activating group) is 1. The second-order valence-electron chi connectivity index (χ2n) is 8.31. The minimum Gasteiger partial charge on any atom is -0.380 e. The van der Waals surface area contributed by atoms with E-state index >= 15 is 0 Å². The molecule has 34 heavy (non-hydrogen) atoms. The van der Waals surface area contributed by atoms with Crippen molar-refractivity contribution < 1.29 is 14.4 Å². The van der Waals surface area contributed by atoms with Crippen LogP contribution in [0.3, 0.4) is 0 Å². The van der Waals surface area contributed by atoms with E-state index in [1.807, 2.05) is 79.7 Å². The molecule has 0 saturated heterocycles. The Morgan fingerprint density at radius 3 is 2.09 bits per heavy atom. The lowest BCUT2D eigenvalue weighted by Gasteiger charge is -2.22. The number of carbonyl (C=O) groups is 3. The average molecular weight is 475 g/mol. The monoisotopic (exact) mass is 474 g/mol. The molecule has 0 bridgehead atoms. The Bertz CT molecular complexity index is 1180. The summed E-state index contributed by atoms with van der Waals surface area (Å²) in [6.07, 6.45) is 1.30. The molecular weight excluding hydrogens is 448 g/mol. The molecule has 0 aliphatic heterocycles. The van der Waals surface area contributed by atoms with Crippen molar-refractivity contribution in [2.24, 2.45) is 0 Å². The van der Waals surface area contributed by atoms with Crippen molar-refractivity contribution in [3.63, 3.8) is 0 Å². The van der Waals surface area contributed by atoms with Crippen molar-refractivity contribution in [1.82, 2.24) is 20.1 Å². The number of amides is 1. The van der Waals surface area contributed by atoms with Gasteiger partial charge in [0.25, 0.3) is 5.91 Å². The molecule has 8 heteroatoms. The smallest absolute Gasteiger partial charge is 0.283 e. The zero-order chi connectivity index (χ0) is 24.1. The van der Waals surface area contributed by atoms with Gasteiger partial charge in [-0.15, -0.1) is 11.3 Å². The molecule has 1 aliphatic rings. The van der Waals surface area contributed by atoms with Crippen molar-refractivity contribution in [1.29, 1.82) is 0 Å². The van der Waals surface area contributed by atoms with Gasteiger partial charge in [-0.25, -0.2) is 4.98 Å². The minimum atomic E-state index is -0.360. The number of rotatable bonds is 9. The van der Waals surface area contributed by atoms with Gasteiger partial charge >= 0.3 is 0 Å². The Hall–Kier alpha value is -3.62. The number of hydrogen-bond acceptors (Lipinski definition) is 7. The lowest BCUT2D eigenvalue weighted by Crippen LogP contribution is -2.32. The average Bonchev–Trinajstić information content (AvgIpc) is 3.29. The number of hydrogen-bond donors (Lipinski definition) is 1. The number of ketones is 2. The summed E-state index contributed by atoms with van der Waals surface area (Å²) in [4.78, 5) is 47.4. The van der Waals surface area contributed by atoms with Crippen LogP contribution in [0.4, 0.5) is 0 Å². The summed E-state index contributed by atoms with van der Waals surface area (Å²) in [5, 5.41) is 3.16. The first kappa shape index (κ1) is 23.5. The summed E-state index contributed by atoms with van der Waals surface area (Å²) in [6.45, 7) is 2.00. The summed E-state index contributed by atoms with van der Waals surface area (Å²) in [6, 6.07) is 19.4. The number of aromatic nitrogens is 1. The van der Waals surface area contributed by atoms with Crippen LogP contribution >= 0.6 is 11.3 Å². The Balaban J connectivity index is 1.58. The fourth-order valence-corrected chi connectivity index (χ4v) is 4.55. The van der Waals surface area contributed by atoms with Crippen LogP contribution in [-0.2, 0) is 13.1 Å². The lowest BCUT2D eigenvalue weighted by atomic mass is 10.0. The Morgan fingerprint density at radius 2 is 1.53 bits per heavy atom. The Labute approximate surface area is 202 Å². The molecule has 0 saturated carbocycles. The van der Waals surface area contributed by atoms with Crippen LogP contribution in [0.5, 0.6) is 0 Å². The maximum atomic E-state index is 13.5. The molecule has 0 unspecified atom stereocenters. The fraction of sp³-hybridized carbons (Fsp3) is 0.231. The molecule has 1 amide bonds. The predicted octanol–water partition coefficient (Wildman–Crippen LogP) is 3.40. The zero-order valence-electron chi connectivity index (χ0n) is 19.2. The van der Waals surface area contributed by atoms with E-state index in [1.54, 1.807) is 4.90 Å². The van der Waals surface area contributed by atoms with E-state index in [2.05, 4.69) is 10.3 Å². The molecular formula is C26H26N4O3S. The van der Waals surface area contributed by atoms with Crippen molar-refractivity contribution in [2.45, 2.75) is 13.1 Å². The van der Waals surface area contributed by atoms with Crippen LogP contribution in [0.25, 0.3) is 0 Å². The van der Waals surface area contributed by atoms with E-state index in [4.69, 9.17) is 0 Å². The van der Waals surface area contributed by atoms with Crippen LogP contribution < -0.4 is 5.32 Å². The summed E-state index contributed by atoms with van der Waals surface area (Å²) in [5.74, 6) is -0.979. The van der Waals surface area contributed by atoms with Gasteiger partial charge in [0.15, 0.2) is 10.8 Å². The van der Waals surface area contributed by atoms with E-state index in [9.17, 15) is 14.4 Å². The summed E-state index contributed by atoms with van der Waals surface area (Å²) < 4.78 is 0. The first-order valence-corrected chi connectivity index (χ1v) is 11.8. The van der Waals surface area contributed by atoms with Gasteiger partial charge in [0.2, 0.25) is 5.78 Å². The highest BCUT2D eigenvalue weighted by Gasteiger charge is 2.32. The maximum absolute atomic E-state index is 13.5. The summed E-state index contributed by atoms with van der Waals surface area (Å²) >= 11 is 0.982. The van der Waals surface area contributed by atoms with E-state index < -0.39 is 0 Å². The molecule has 1 heterocycles. The second-order valence-corrected chi connectivity index (χ2v) is 9.31. The van der Waals surface area contributed by atoms with Crippen LogP contribution in [0, 0.1) is 0 Å². The molecule has 0 radical (unpaired) electrons. The molecule has 3 aromatic rings. The number of Topliss-reactive ketones (excluding diaryl/α,β-unsaturated/α-hetero) is 1. The molecule has 174 valence electrons. The van der Waals surface area contributed by atoms with Gasteiger partial charge in [-0.05, 0) is 25.2 Å². The largest absolute Gasteiger partial charge is 0.380 e. The molecule has 1 N–H and O–H groups in total. The molecule has 0 fully saturated rings. The molecule has 1 aromatic heterocycles. The highest BCUT2D eigenvalue weighted by molar-refractivity contribution is 7.16. The van der Waals surface area contributed by atoms with Crippen LogP contribution in [0.1, 0.15) is 41.1 Å². The van der Waals surface area contributed by atoms with Crippen molar-refractivity contribution in [2.75, 3.05) is 27.2 Å². The predicted molar refractivity (Wildman–Crippen MR) is 132 cm³/mol. The Morgan fingerprint density at radius 1 is 0.941 bits per heavy atom. The van der Waals surface area contributed by atoms with Gasteiger partial charge in [0.1, 0.15) is 10.6 Å². The first-order valence-electron chi connectivity index (χ1n) is 11.0. The van der Waals surface area contributed by atoms with E-state index in [0.717, 1.165) is 22.5 Å². The van der Waals surface area contributed by atoms with Crippen molar-refractivity contribution in [3.05, 3.63) is 99.1 Å². The van der Waals surface area contributed by atoms with Gasteiger partial charge in [-0.1, -0.05) is 60.7 Å². The summed E-state index contributed by atoms with van der Waals surface area (Å²) in [7, 11) is 3.86. The van der Waals surface area contributed by atoms with Gasteiger partial charge in [0, 0.05) is 32.3 Å². The van der Waals surface area contributed by atoms with Crippen LogP contribution in [0.2, 0.25) is 0 Å². The van der Waals surface area contributed by atoms with Gasteiger partial charge in [-0.2, -0.15) is 0 Å². The quantitative estimate of drug-likeness (QED) is 0.512. The SMILES string of the molecule is CN(C)CCNC1=CC(=O)c2sc(C(=O)N(Cc3ccccc3)Cc3ccccc3)nc2C1=O. The zero-order valence-corrected chi connectivity index (χ0v) is 20.0. The number of allylic oxidation sites excluding steroid dienone is 2. The molecule has 7 nitrogen and oxygen atoms in total. The van der Waals surface area contributed by atoms with Crippen LogP contribution in [0.15, 0.2) is 72.4 Å². The number of nitrogens with zero attached hydrogens (tertiary/aromatic N) is 3. The van der Waals surface area contributed by atoms with Gasteiger partial charge in [-0.3, -0.25) is 14.4 Å². The number of carbonyl (C=O) groups excluding carboxylic acids is 3. The number of thiazole rings is 1. The normalized spacial score (nSPS) is 13.0. The first-order chi connectivity index (χ1) is 16.4. The second kappa shape index (κ2) is 10.5. The lowest BCUT2D eigenvalue weighted by molar-refractivity contribution is 0.0729. The van der Waals surface area contributed by atoms with Crippen molar-refractivity contribution in [3.8, 4) is 0 Å². The third-order valence-electron chi connectivity index (χ3n) is 5.36. The highest BCUT2D eigenvalue weighted by Crippen LogP contribution is 2.27. The van der Waals surface area contributed by atoms with Gasteiger partial charge in [0.05, 0.1) is 5.70 Å². The van der Waals surface area contributed by atoms with E-state index in [1.165, 1.54) is 6.08 Å². The standard InChI is InChI=1S/C26H26N4O3S/c1-29(2)14-13-27-20-15-21(31)24-22(23(20)32)28-25(34-24)26(33)30(16-18-9-5-3-6-10-18)17-19-11-7-4-8-12-19/h3-12,15,27H,13-14,16-17H2,1-2H3. The molecule has 2 aromatic carbocycles. The maximum Gasteiger partial charge on any atom is 0.283 e. The fourth-order valence-electron chi connectivity index (χ4n) is 3.61. The summed E-state index contributed by atoms with van der Waals surface area (Å²) in [5.41, 5.74) is 2.23. The topological polar surface area (TPSA) is 82.6 Å². The molecule has 0 spiro atoms. The molecule has 1 aliphatic carbocycles. The van der Waals surface area contributed by atoms with E-state index in [0.29, 0.717) is 26.2 Å². The number of nitrogens with one attached hydrogen (secondary N) is 1. The van der Waals surface area contributed by atoms with Crippen LogP contribution in [-0.4, -0.2) is 59.4 Å². The number of fused-ring (bicyclic) bond motifs is 1. The number of benzene rings is 2. The van der Waals surface area contributed by atoms with E-state index in [-0.39, 0.29) is 38.7 Å². The Kier molecular flexibility index (Phi) is 7.30. The van der Waals surface area contributed by atoms with Crippen molar-refractivity contribution >= 4 is 28.8 Å². The third kappa shape index (κ3) is 5.47. The third-order valence-corrected chi connectivity index (χ3v) is 6.42. The highest BCUT2D eigenvalue weighted by atomic mass is 32.1.